The second-order valence-electron chi connectivity index (χ2n) is 11.9. The normalized spacial score (nSPS) is 16.4. The predicted octanol–water partition coefficient (Wildman–Crippen LogP) is 1.03. The van der Waals surface area contributed by atoms with Crippen LogP contribution in [0.4, 0.5) is 0 Å². The maximum atomic E-state index is 13.5. The van der Waals surface area contributed by atoms with Gasteiger partial charge in [0.15, 0.2) is 0 Å². The van der Waals surface area contributed by atoms with Gasteiger partial charge in [-0.25, -0.2) is 4.79 Å². The third-order valence-corrected chi connectivity index (χ3v) is 7.95. The lowest BCUT2D eigenvalue weighted by Gasteiger charge is -2.29. The van der Waals surface area contributed by atoms with Crippen LogP contribution in [0.15, 0.2) is 0 Å². The van der Waals surface area contributed by atoms with E-state index in [1.807, 2.05) is 20.8 Å². The summed E-state index contributed by atoms with van der Waals surface area (Å²) in [5.74, 6) is -6.94. The van der Waals surface area contributed by atoms with E-state index in [0.717, 1.165) is 12.8 Å². The van der Waals surface area contributed by atoms with E-state index < -0.39 is 72.6 Å². The van der Waals surface area contributed by atoms with Crippen molar-refractivity contribution in [2.24, 2.45) is 17.8 Å². The molecule has 0 aromatic rings. The summed E-state index contributed by atoms with van der Waals surface area (Å²) in [6.45, 7) is 11.8. The van der Waals surface area contributed by atoms with Crippen LogP contribution < -0.4 is 21.3 Å². The summed E-state index contributed by atoms with van der Waals surface area (Å²) in [6, 6.07) is -5.52. The van der Waals surface area contributed by atoms with Crippen molar-refractivity contribution in [3.8, 4) is 0 Å². The third kappa shape index (κ3) is 12.5. The Balaban J connectivity index is 3.29. The summed E-state index contributed by atoms with van der Waals surface area (Å²) in [5.41, 5.74) is 0. The molecule has 250 valence electrons. The number of hydrogen-bond acceptors (Lipinski definition) is 7. The number of likely N-dealkylation sites (tertiary alicyclic amines) is 1. The van der Waals surface area contributed by atoms with Gasteiger partial charge >= 0.3 is 11.9 Å². The lowest BCUT2D eigenvalue weighted by atomic mass is 9.95. The maximum absolute atomic E-state index is 13.5. The van der Waals surface area contributed by atoms with Crippen LogP contribution in [0.5, 0.6) is 0 Å². The quantitative estimate of drug-likeness (QED) is 0.121. The fourth-order valence-electron chi connectivity index (χ4n) is 4.99. The van der Waals surface area contributed by atoms with Gasteiger partial charge in [0.1, 0.15) is 24.2 Å². The first kappa shape index (κ1) is 38.3. The number of nitrogens with one attached hydrogen (secondary N) is 4. The highest BCUT2D eigenvalue weighted by Crippen LogP contribution is 2.15. The molecule has 14 heteroatoms. The zero-order valence-electron chi connectivity index (χ0n) is 26.8. The van der Waals surface area contributed by atoms with Gasteiger partial charge in [-0.3, -0.25) is 28.8 Å². The molecule has 5 atom stereocenters. The molecule has 44 heavy (non-hydrogen) atoms. The lowest BCUT2D eigenvalue weighted by Crippen LogP contribution is -2.59. The Bertz CT molecular complexity index is 1020. The van der Waals surface area contributed by atoms with Gasteiger partial charge in [-0.1, -0.05) is 48.0 Å². The Labute approximate surface area is 259 Å². The van der Waals surface area contributed by atoms with Crippen LogP contribution in [0.25, 0.3) is 0 Å². The van der Waals surface area contributed by atoms with Gasteiger partial charge in [0.25, 0.3) is 0 Å². The van der Waals surface area contributed by atoms with Crippen LogP contribution in [-0.4, -0.2) is 93.8 Å². The second-order valence-corrected chi connectivity index (χ2v) is 11.9. The van der Waals surface area contributed by atoms with Gasteiger partial charge in [0.2, 0.25) is 29.5 Å². The molecule has 0 aliphatic carbocycles. The number of carbonyl (C=O) groups is 7. The van der Waals surface area contributed by atoms with Crippen molar-refractivity contribution in [3.05, 3.63) is 0 Å². The highest BCUT2D eigenvalue weighted by molar-refractivity contribution is 5.98. The van der Waals surface area contributed by atoms with Gasteiger partial charge < -0.3 is 36.4 Å². The van der Waals surface area contributed by atoms with E-state index in [1.54, 1.807) is 25.7 Å². The van der Waals surface area contributed by atoms with Crippen LogP contribution in [0.1, 0.15) is 92.9 Å². The summed E-state index contributed by atoms with van der Waals surface area (Å²) < 4.78 is 0. The zero-order chi connectivity index (χ0) is 33.6. The van der Waals surface area contributed by atoms with Crippen molar-refractivity contribution >= 4 is 41.5 Å². The SMILES string of the molecule is CCC(CC)C(=O)N[C@H](C(=O)N[C@@H](CC(=O)N1CCCC1)C(=O)N[C@@H](CC(=O)O)C(=O)N[C@@H](CC(C)C)C(=O)O)C(C)CC. The van der Waals surface area contributed by atoms with Gasteiger partial charge in [0.05, 0.1) is 12.8 Å². The number of rotatable bonds is 19. The summed E-state index contributed by atoms with van der Waals surface area (Å²) >= 11 is 0. The number of carboxylic acid groups (broad SMARTS) is 2. The second kappa shape index (κ2) is 18.8. The number of carboxylic acids is 2. The molecule has 0 spiro atoms. The number of aliphatic carboxylic acids is 2. The molecule has 0 aromatic carbocycles. The topological polar surface area (TPSA) is 211 Å². The van der Waals surface area contributed by atoms with Crippen LogP contribution in [-0.2, 0) is 33.6 Å². The summed E-state index contributed by atoms with van der Waals surface area (Å²) in [6.07, 6.45) is 1.97. The molecule has 1 saturated heterocycles. The number of hydrogen-bond donors (Lipinski definition) is 6. The molecule has 14 nitrogen and oxygen atoms in total. The molecule has 1 unspecified atom stereocenters. The van der Waals surface area contributed by atoms with Crippen molar-refractivity contribution in [3.63, 3.8) is 0 Å². The Morgan fingerprint density at radius 3 is 1.61 bits per heavy atom. The molecule has 6 N–H and O–H groups in total. The largest absolute Gasteiger partial charge is 0.481 e. The van der Waals surface area contributed by atoms with E-state index in [0.29, 0.717) is 32.4 Å². The first-order valence-electron chi connectivity index (χ1n) is 15.6. The van der Waals surface area contributed by atoms with Gasteiger partial charge in [-0.2, -0.15) is 0 Å². The maximum Gasteiger partial charge on any atom is 0.326 e. The van der Waals surface area contributed by atoms with Crippen molar-refractivity contribution < 1.29 is 43.8 Å². The Kier molecular flexibility index (Phi) is 16.4. The van der Waals surface area contributed by atoms with Crippen molar-refractivity contribution in [1.29, 1.82) is 0 Å². The molecule has 0 aromatic heterocycles. The molecule has 1 fully saturated rings. The Morgan fingerprint density at radius 2 is 1.16 bits per heavy atom. The van der Waals surface area contributed by atoms with Crippen LogP contribution >= 0.6 is 0 Å². The minimum Gasteiger partial charge on any atom is -0.481 e. The number of nitrogens with zero attached hydrogens (tertiary/aromatic N) is 1. The average molecular weight is 626 g/mol. The Hall–Kier alpha value is -3.71. The third-order valence-electron chi connectivity index (χ3n) is 7.95. The molecule has 1 aliphatic heterocycles. The standard InChI is InChI=1S/C30H51N5O9/c1-7-18(6)25(34-26(39)19(8-2)9-3)29(42)32-20(15-23(36)35-12-10-11-13-35)27(40)31-21(16-24(37)38)28(41)33-22(30(43)44)14-17(4)5/h17-22,25H,7-16H2,1-6H3,(H,31,40)(H,32,42)(H,33,41)(H,34,39)(H,37,38)(H,43,44)/t18?,20-,21-,22-,25-/m0/s1. The monoisotopic (exact) mass is 625 g/mol. The van der Waals surface area contributed by atoms with Gasteiger partial charge in [-0.05, 0) is 43.9 Å². The fourth-order valence-corrected chi connectivity index (χ4v) is 4.99. The highest BCUT2D eigenvalue weighted by atomic mass is 16.4. The molecular weight excluding hydrogens is 574 g/mol. The zero-order valence-corrected chi connectivity index (χ0v) is 26.8. The van der Waals surface area contributed by atoms with Crippen LogP contribution in [0, 0.1) is 17.8 Å². The van der Waals surface area contributed by atoms with Gasteiger partial charge in [0, 0.05) is 19.0 Å². The molecule has 1 aliphatic rings. The first-order valence-corrected chi connectivity index (χ1v) is 15.6. The molecule has 1 rings (SSSR count). The number of carbonyl (C=O) groups excluding carboxylic acids is 5. The smallest absolute Gasteiger partial charge is 0.326 e. The molecule has 0 bridgehead atoms. The van der Waals surface area contributed by atoms with Gasteiger partial charge in [-0.15, -0.1) is 0 Å². The van der Waals surface area contributed by atoms with Crippen LogP contribution in [0.2, 0.25) is 0 Å². The molecular formula is C30H51N5O9. The molecule has 5 amide bonds. The minimum absolute atomic E-state index is 0.0669. The van der Waals surface area contributed by atoms with E-state index in [1.165, 1.54) is 0 Å². The van der Waals surface area contributed by atoms with E-state index in [9.17, 15) is 43.8 Å². The summed E-state index contributed by atoms with van der Waals surface area (Å²) in [7, 11) is 0. The van der Waals surface area contributed by atoms with E-state index >= 15 is 0 Å². The van der Waals surface area contributed by atoms with E-state index in [-0.39, 0.29) is 30.1 Å². The molecule has 0 saturated carbocycles. The average Bonchev–Trinajstić information content (AvgIpc) is 3.49. The van der Waals surface area contributed by atoms with Crippen LogP contribution in [0.3, 0.4) is 0 Å². The van der Waals surface area contributed by atoms with E-state index in [4.69, 9.17) is 0 Å². The van der Waals surface area contributed by atoms with Crippen molar-refractivity contribution in [2.45, 2.75) is 117 Å². The summed E-state index contributed by atoms with van der Waals surface area (Å²) in [4.78, 5) is 90.8. The Morgan fingerprint density at radius 1 is 0.659 bits per heavy atom. The van der Waals surface area contributed by atoms with Crippen molar-refractivity contribution in [2.75, 3.05) is 13.1 Å². The summed E-state index contributed by atoms with van der Waals surface area (Å²) in [5, 5.41) is 28.9. The van der Waals surface area contributed by atoms with Crippen molar-refractivity contribution in [1.82, 2.24) is 26.2 Å². The highest BCUT2D eigenvalue weighted by Gasteiger charge is 2.36. The number of amides is 5. The van der Waals surface area contributed by atoms with E-state index in [2.05, 4.69) is 21.3 Å². The molecule has 1 heterocycles. The molecule has 0 radical (unpaired) electrons. The fraction of sp³-hybridized carbons (Fsp3) is 0.767. The lowest BCUT2D eigenvalue weighted by molar-refractivity contribution is -0.144. The minimum atomic E-state index is -1.68. The predicted molar refractivity (Wildman–Crippen MR) is 161 cm³/mol. The first-order chi connectivity index (χ1) is 20.6.